The second-order valence-electron chi connectivity index (χ2n) is 5.52. The first-order valence-corrected chi connectivity index (χ1v) is 8.25. The summed E-state index contributed by atoms with van der Waals surface area (Å²) in [6.07, 6.45) is 0. The number of carbonyl (C=O) groups excluding carboxylic acids is 1. The number of non-ortho nitro benzene ring substituents is 1. The number of rotatable bonds is 5. The van der Waals surface area contributed by atoms with Crippen LogP contribution in [0, 0.1) is 10.1 Å². The Morgan fingerprint density at radius 1 is 1.20 bits per heavy atom. The predicted molar refractivity (Wildman–Crippen MR) is 92.7 cm³/mol. The van der Waals surface area contributed by atoms with E-state index in [1.807, 2.05) is 13.8 Å². The van der Waals surface area contributed by atoms with Gasteiger partial charge in [0.05, 0.1) is 4.92 Å². The molecule has 3 aromatic rings. The first-order chi connectivity index (χ1) is 11.9. The van der Waals surface area contributed by atoms with E-state index in [0.29, 0.717) is 16.5 Å². The van der Waals surface area contributed by atoms with Crippen molar-refractivity contribution in [3.05, 3.63) is 57.3 Å². The van der Waals surface area contributed by atoms with E-state index in [1.54, 1.807) is 18.2 Å². The molecule has 1 aromatic carbocycles. The SMILES string of the molecule is CC(C)c1nnc(NC(=O)c2ccc(-c3ccc([N+](=O)[O-])cc3)o2)s1. The van der Waals surface area contributed by atoms with E-state index in [9.17, 15) is 14.9 Å². The third kappa shape index (κ3) is 3.72. The highest BCUT2D eigenvalue weighted by molar-refractivity contribution is 7.15. The van der Waals surface area contributed by atoms with Crippen LogP contribution in [0.25, 0.3) is 11.3 Å². The molecule has 8 nitrogen and oxygen atoms in total. The molecule has 0 unspecified atom stereocenters. The van der Waals surface area contributed by atoms with E-state index in [1.165, 1.54) is 29.5 Å². The number of nitro benzene ring substituents is 1. The number of nitrogens with one attached hydrogen (secondary N) is 1. The van der Waals surface area contributed by atoms with E-state index < -0.39 is 10.8 Å². The zero-order valence-electron chi connectivity index (χ0n) is 13.4. The Morgan fingerprint density at radius 2 is 1.92 bits per heavy atom. The molecule has 0 aliphatic heterocycles. The van der Waals surface area contributed by atoms with Gasteiger partial charge in [0.1, 0.15) is 10.8 Å². The lowest BCUT2D eigenvalue weighted by Crippen LogP contribution is -2.10. The van der Waals surface area contributed by atoms with Crippen LogP contribution in [0.2, 0.25) is 0 Å². The summed E-state index contributed by atoms with van der Waals surface area (Å²) in [7, 11) is 0. The van der Waals surface area contributed by atoms with E-state index in [0.717, 1.165) is 5.01 Å². The molecule has 0 aliphatic carbocycles. The molecule has 0 bridgehead atoms. The minimum absolute atomic E-state index is 0.00880. The van der Waals surface area contributed by atoms with E-state index in [4.69, 9.17) is 4.42 Å². The molecule has 0 atom stereocenters. The molecule has 2 aromatic heterocycles. The normalized spacial score (nSPS) is 10.8. The maximum Gasteiger partial charge on any atom is 0.293 e. The zero-order chi connectivity index (χ0) is 18.0. The minimum Gasteiger partial charge on any atom is -0.451 e. The molecular weight excluding hydrogens is 344 g/mol. The van der Waals surface area contributed by atoms with Crippen LogP contribution in [0.15, 0.2) is 40.8 Å². The standard InChI is InChI=1S/C16H14N4O4S/c1-9(2)15-18-19-16(25-15)17-14(21)13-8-7-12(24-13)10-3-5-11(6-4-10)20(22)23/h3-9H,1-2H3,(H,17,19,21). The van der Waals surface area contributed by atoms with Crippen LogP contribution in [0.3, 0.4) is 0 Å². The van der Waals surface area contributed by atoms with E-state index in [2.05, 4.69) is 15.5 Å². The average Bonchev–Trinajstić information content (AvgIpc) is 3.24. The van der Waals surface area contributed by atoms with Gasteiger partial charge in [-0.05, 0) is 24.3 Å². The maximum atomic E-state index is 12.2. The van der Waals surface area contributed by atoms with Gasteiger partial charge in [-0.1, -0.05) is 25.2 Å². The molecule has 1 N–H and O–H groups in total. The molecule has 0 fully saturated rings. The van der Waals surface area contributed by atoms with Gasteiger partial charge in [0, 0.05) is 23.6 Å². The number of amides is 1. The summed E-state index contributed by atoms with van der Waals surface area (Å²) in [5.41, 5.74) is 0.633. The Morgan fingerprint density at radius 3 is 2.52 bits per heavy atom. The third-order valence-electron chi connectivity index (χ3n) is 3.35. The average molecular weight is 358 g/mol. The van der Waals surface area contributed by atoms with Crippen LogP contribution >= 0.6 is 11.3 Å². The highest BCUT2D eigenvalue weighted by Gasteiger charge is 2.16. The van der Waals surface area contributed by atoms with Crippen molar-refractivity contribution in [3.63, 3.8) is 0 Å². The second kappa shape index (κ2) is 6.81. The lowest BCUT2D eigenvalue weighted by Gasteiger charge is -1.99. The first-order valence-electron chi connectivity index (χ1n) is 7.43. The molecule has 0 saturated heterocycles. The molecular formula is C16H14N4O4S. The van der Waals surface area contributed by atoms with E-state index in [-0.39, 0.29) is 17.4 Å². The van der Waals surface area contributed by atoms with Crippen LogP contribution in [0.4, 0.5) is 10.8 Å². The van der Waals surface area contributed by atoms with Crippen LogP contribution in [0.1, 0.15) is 35.3 Å². The van der Waals surface area contributed by atoms with Gasteiger partial charge in [-0.15, -0.1) is 10.2 Å². The lowest BCUT2D eigenvalue weighted by molar-refractivity contribution is -0.384. The monoisotopic (exact) mass is 358 g/mol. The van der Waals surface area contributed by atoms with Gasteiger partial charge in [-0.25, -0.2) is 0 Å². The highest BCUT2D eigenvalue weighted by atomic mass is 32.1. The van der Waals surface area contributed by atoms with Crippen molar-refractivity contribution in [2.24, 2.45) is 0 Å². The summed E-state index contributed by atoms with van der Waals surface area (Å²) < 4.78 is 5.53. The van der Waals surface area contributed by atoms with Crippen molar-refractivity contribution in [1.29, 1.82) is 0 Å². The Hall–Kier alpha value is -3.07. The lowest BCUT2D eigenvalue weighted by atomic mass is 10.1. The Balaban J connectivity index is 1.73. The summed E-state index contributed by atoms with van der Waals surface area (Å²) in [6, 6.07) is 9.07. The van der Waals surface area contributed by atoms with Crippen molar-refractivity contribution in [2.75, 3.05) is 5.32 Å². The van der Waals surface area contributed by atoms with Gasteiger partial charge in [0.25, 0.3) is 11.6 Å². The third-order valence-corrected chi connectivity index (χ3v) is 4.49. The van der Waals surface area contributed by atoms with Crippen LogP contribution in [-0.4, -0.2) is 21.0 Å². The van der Waals surface area contributed by atoms with Gasteiger partial charge in [-0.2, -0.15) is 0 Å². The molecule has 0 aliphatic rings. The number of nitrogens with zero attached hydrogens (tertiary/aromatic N) is 3. The van der Waals surface area contributed by atoms with Gasteiger partial charge in [-0.3, -0.25) is 20.2 Å². The molecule has 0 radical (unpaired) electrons. The summed E-state index contributed by atoms with van der Waals surface area (Å²) in [6.45, 7) is 3.99. The number of hydrogen-bond acceptors (Lipinski definition) is 7. The van der Waals surface area contributed by atoms with Crippen LogP contribution < -0.4 is 5.32 Å². The second-order valence-corrected chi connectivity index (χ2v) is 6.53. The number of furan rings is 1. The Labute approximate surface area is 146 Å². The fourth-order valence-corrected chi connectivity index (χ4v) is 2.78. The largest absolute Gasteiger partial charge is 0.451 e. The quantitative estimate of drug-likeness (QED) is 0.543. The number of anilines is 1. The van der Waals surface area contributed by atoms with Crippen molar-refractivity contribution >= 4 is 28.1 Å². The summed E-state index contributed by atoms with van der Waals surface area (Å²) in [5, 5.41) is 22.5. The van der Waals surface area contributed by atoms with Gasteiger partial charge < -0.3 is 4.42 Å². The van der Waals surface area contributed by atoms with Crippen molar-refractivity contribution in [2.45, 2.75) is 19.8 Å². The topological polar surface area (TPSA) is 111 Å². The fourth-order valence-electron chi connectivity index (χ4n) is 2.04. The maximum absolute atomic E-state index is 12.2. The smallest absolute Gasteiger partial charge is 0.293 e. The predicted octanol–water partition coefficient (Wildman–Crippen LogP) is 4.08. The fraction of sp³-hybridized carbons (Fsp3) is 0.188. The summed E-state index contributed by atoms with van der Waals surface area (Å²) in [4.78, 5) is 22.4. The summed E-state index contributed by atoms with van der Waals surface area (Å²) >= 11 is 1.31. The molecule has 9 heteroatoms. The minimum atomic E-state index is -0.474. The van der Waals surface area contributed by atoms with Crippen molar-refractivity contribution in [1.82, 2.24) is 10.2 Å². The molecule has 1 amide bonds. The molecule has 2 heterocycles. The molecule has 25 heavy (non-hydrogen) atoms. The molecule has 3 rings (SSSR count). The van der Waals surface area contributed by atoms with E-state index >= 15 is 0 Å². The number of nitro groups is 1. The zero-order valence-corrected chi connectivity index (χ0v) is 14.2. The number of hydrogen-bond donors (Lipinski definition) is 1. The van der Waals surface area contributed by atoms with Crippen molar-refractivity contribution < 1.29 is 14.1 Å². The number of aromatic nitrogens is 2. The van der Waals surface area contributed by atoms with Gasteiger partial charge in [0.2, 0.25) is 5.13 Å². The first kappa shape index (κ1) is 16.8. The van der Waals surface area contributed by atoms with Gasteiger partial charge >= 0.3 is 0 Å². The summed E-state index contributed by atoms with van der Waals surface area (Å²) in [5.74, 6) is 0.370. The number of carbonyl (C=O) groups is 1. The molecule has 128 valence electrons. The molecule has 0 saturated carbocycles. The van der Waals surface area contributed by atoms with Crippen molar-refractivity contribution in [3.8, 4) is 11.3 Å². The Bertz CT molecular complexity index is 914. The van der Waals surface area contributed by atoms with Crippen LogP contribution in [0.5, 0.6) is 0 Å². The molecule has 0 spiro atoms. The van der Waals surface area contributed by atoms with Crippen LogP contribution in [-0.2, 0) is 0 Å². The Kier molecular flexibility index (Phi) is 4.57. The number of benzene rings is 1. The van der Waals surface area contributed by atoms with Gasteiger partial charge in [0.15, 0.2) is 5.76 Å². The highest BCUT2D eigenvalue weighted by Crippen LogP contribution is 2.26.